The highest BCUT2D eigenvalue weighted by atomic mass is 19.1. The van der Waals surface area contributed by atoms with E-state index in [4.69, 9.17) is 4.74 Å². The number of fused-ring (bicyclic) bond motifs is 1. The maximum atomic E-state index is 14.5. The fourth-order valence-corrected chi connectivity index (χ4v) is 3.91. The van der Waals surface area contributed by atoms with Gasteiger partial charge in [-0.1, -0.05) is 36.4 Å². The van der Waals surface area contributed by atoms with Crippen LogP contribution >= 0.6 is 0 Å². The predicted molar refractivity (Wildman–Crippen MR) is 97.6 cm³/mol. The van der Waals surface area contributed by atoms with E-state index in [-0.39, 0.29) is 24.3 Å². The van der Waals surface area contributed by atoms with Crippen LogP contribution in [0.1, 0.15) is 22.7 Å². The second-order valence-electron chi connectivity index (χ2n) is 6.95. The smallest absolute Gasteiger partial charge is 0.255 e. The molecule has 27 heavy (non-hydrogen) atoms. The Balaban J connectivity index is 1.72. The Kier molecular flexibility index (Phi) is 5.18. The molecule has 0 bridgehead atoms. The monoisotopic (exact) mass is 372 g/mol. The van der Waals surface area contributed by atoms with Crippen LogP contribution in [0.2, 0.25) is 0 Å². The first kappa shape index (κ1) is 18.1. The maximum absolute atomic E-state index is 14.5. The van der Waals surface area contributed by atoms with Crippen molar-refractivity contribution in [2.24, 2.45) is 0 Å². The van der Waals surface area contributed by atoms with Crippen molar-refractivity contribution < 1.29 is 18.3 Å². The summed E-state index contributed by atoms with van der Waals surface area (Å²) in [5.41, 5.74) is 2.95. The van der Waals surface area contributed by atoms with Crippen molar-refractivity contribution in [1.82, 2.24) is 10.2 Å². The van der Waals surface area contributed by atoms with Crippen molar-refractivity contribution in [3.05, 3.63) is 71.0 Å². The van der Waals surface area contributed by atoms with Gasteiger partial charge in [-0.2, -0.15) is 0 Å². The van der Waals surface area contributed by atoms with Crippen molar-refractivity contribution in [2.45, 2.75) is 24.7 Å². The summed E-state index contributed by atoms with van der Waals surface area (Å²) in [6.07, 6.45) is -1.82. The lowest BCUT2D eigenvalue weighted by atomic mass is 9.87. The number of benzene rings is 2. The van der Waals surface area contributed by atoms with E-state index in [0.29, 0.717) is 26.1 Å². The van der Waals surface area contributed by atoms with Gasteiger partial charge in [0.15, 0.2) is 6.10 Å². The van der Waals surface area contributed by atoms with Gasteiger partial charge in [-0.05, 0) is 35.2 Å². The Hall–Kier alpha value is -2.31. The number of amides is 1. The fourth-order valence-electron chi connectivity index (χ4n) is 3.91. The van der Waals surface area contributed by atoms with Gasteiger partial charge in [0.1, 0.15) is 12.0 Å². The minimum absolute atomic E-state index is 0.0993. The van der Waals surface area contributed by atoms with Crippen molar-refractivity contribution >= 4 is 5.91 Å². The molecule has 142 valence electrons. The summed E-state index contributed by atoms with van der Waals surface area (Å²) in [5, 5.41) is 2.94. The average molecular weight is 372 g/mol. The van der Waals surface area contributed by atoms with Crippen molar-refractivity contribution in [3.63, 3.8) is 0 Å². The van der Waals surface area contributed by atoms with Gasteiger partial charge in [-0.3, -0.25) is 4.79 Å². The largest absolute Gasteiger partial charge is 0.364 e. The standard InChI is InChI=1S/C21H22F2N2O2/c22-16-7-5-15(6-8-16)19-17-4-2-1-3-14(17)9-11-25(19)21(26)20-18(23)13-24-10-12-27-20/h1-8,18-20,24H,9-13H2/t18-,19+,20-/m1/s1. The Bertz CT molecular complexity index is 812. The minimum atomic E-state index is -1.40. The second-order valence-corrected chi connectivity index (χ2v) is 6.95. The number of carbonyl (C=O) groups excluding carboxylic acids is 1. The van der Waals surface area contributed by atoms with Crippen LogP contribution in [-0.4, -0.2) is 49.3 Å². The quantitative estimate of drug-likeness (QED) is 0.881. The van der Waals surface area contributed by atoms with E-state index in [1.807, 2.05) is 24.3 Å². The zero-order chi connectivity index (χ0) is 18.8. The molecule has 2 heterocycles. The first-order chi connectivity index (χ1) is 13.1. The van der Waals surface area contributed by atoms with Gasteiger partial charge >= 0.3 is 0 Å². The van der Waals surface area contributed by atoms with Crippen LogP contribution < -0.4 is 5.32 Å². The minimum Gasteiger partial charge on any atom is -0.364 e. The molecule has 0 radical (unpaired) electrons. The number of hydrogen-bond donors (Lipinski definition) is 1. The summed E-state index contributed by atoms with van der Waals surface area (Å²) in [7, 11) is 0. The third-order valence-corrected chi connectivity index (χ3v) is 5.24. The molecule has 1 N–H and O–H groups in total. The molecular weight excluding hydrogens is 350 g/mol. The Morgan fingerprint density at radius 1 is 1.15 bits per heavy atom. The van der Waals surface area contributed by atoms with E-state index in [0.717, 1.165) is 16.7 Å². The van der Waals surface area contributed by atoms with Crippen LogP contribution in [0.3, 0.4) is 0 Å². The predicted octanol–water partition coefficient (Wildman–Crippen LogP) is 2.63. The molecule has 0 saturated carbocycles. The number of hydrogen-bond acceptors (Lipinski definition) is 3. The van der Waals surface area contributed by atoms with Crippen LogP contribution in [0.25, 0.3) is 0 Å². The molecule has 4 rings (SSSR count). The number of ether oxygens (including phenoxy) is 1. The lowest BCUT2D eigenvalue weighted by Crippen LogP contribution is -2.50. The maximum Gasteiger partial charge on any atom is 0.255 e. The molecule has 1 fully saturated rings. The van der Waals surface area contributed by atoms with Crippen LogP contribution in [0.5, 0.6) is 0 Å². The van der Waals surface area contributed by atoms with Gasteiger partial charge in [0.2, 0.25) is 0 Å². The van der Waals surface area contributed by atoms with Crippen molar-refractivity contribution in [2.75, 3.05) is 26.2 Å². The molecule has 0 unspecified atom stereocenters. The molecule has 6 heteroatoms. The number of alkyl halides is 1. The summed E-state index contributed by atoms with van der Waals surface area (Å²) in [6, 6.07) is 13.7. The molecule has 1 saturated heterocycles. The number of rotatable bonds is 2. The van der Waals surface area contributed by atoms with Crippen molar-refractivity contribution in [1.29, 1.82) is 0 Å². The first-order valence-electron chi connectivity index (χ1n) is 9.25. The highest BCUT2D eigenvalue weighted by Gasteiger charge is 2.39. The highest BCUT2D eigenvalue weighted by Crippen LogP contribution is 2.36. The third-order valence-electron chi connectivity index (χ3n) is 5.24. The van der Waals surface area contributed by atoms with Crippen LogP contribution in [0.4, 0.5) is 8.78 Å². The van der Waals surface area contributed by atoms with Gasteiger partial charge in [0.25, 0.3) is 5.91 Å². The van der Waals surface area contributed by atoms with E-state index in [1.165, 1.54) is 12.1 Å². The van der Waals surface area contributed by atoms with Gasteiger partial charge < -0.3 is 15.0 Å². The zero-order valence-electron chi connectivity index (χ0n) is 14.9. The van der Waals surface area contributed by atoms with Crippen LogP contribution in [0.15, 0.2) is 48.5 Å². The summed E-state index contributed by atoms with van der Waals surface area (Å²) < 4.78 is 33.5. The summed E-state index contributed by atoms with van der Waals surface area (Å²) in [5.74, 6) is -0.683. The summed E-state index contributed by atoms with van der Waals surface area (Å²) in [4.78, 5) is 14.9. The summed E-state index contributed by atoms with van der Waals surface area (Å²) >= 11 is 0. The molecule has 0 aromatic heterocycles. The number of nitrogens with zero attached hydrogens (tertiary/aromatic N) is 1. The molecule has 3 atom stereocenters. The van der Waals surface area contributed by atoms with Crippen molar-refractivity contribution in [3.8, 4) is 0 Å². The van der Waals surface area contributed by atoms with E-state index < -0.39 is 12.3 Å². The topological polar surface area (TPSA) is 41.6 Å². The molecular formula is C21H22F2N2O2. The van der Waals surface area contributed by atoms with E-state index in [1.54, 1.807) is 17.0 Å². The third kappa shape index (κ3) is 3.59. The molecule has 2 aliphatic heterocycles. The van der Waals surface area contributed by atoms with E-state index in [9.17, 15) is 13.6 Å². The Morgan fingerprint density at radius 3 is 2.74 bits per heavy atom. The fraction of sp³-hybridized carbons (Fsp3) is 0.381. The van der Waals surface area contributed by atoms with Crippen LogP contribution in [-0.2, 0) is 16.0 Å². The number of halogens is 2. The molecule has 2 aromatic rings. The SMILES string of the molecule is O=C([C@@H]1OCCNC[C@H]1F)N1CCc2ccccc2[C@@H]1c1ccc(F)cc1. The van der Waals surface area contributed by atoms with Crippen LogP contribution in [0, 0.1) is 5.82 Å². The second kappa shape index (κ2) is 7.74. The molecule has 1 amide bonds. The van der Waals surface area contributed by atoms with Gasteiger partial charge in [-0.25, -0.2) is 8.78 Å². The average Bonchev–Trinajstić information content (AvgIpc) is 2.91. The molecule has 0 spiro atoms. The number of carbonyl (C=O) groups is 1. The first-order valence-corrected chi connectivity index (χ1v) is 9.25. The Morgan fingerprint density at radius 2 is 1.93 bits per heavy atom. The lowest BCUT2D eigenvalue weighted by Gasteiger charge is -2.39. The van der Waals surface area contributed by atoms with Gasteiger partial charge in [0.05, 0.1) is 12.6 Å². The molecule has 2 aliphatic rings. The molecule has 0 aliphatic carbocycles. The number of nitrogens with one attached hydrogen (secondary N) is 1. The summed E-state index contributed by atoms with van der Waals surface area (Å²) in [6.45, 7) is 1.39. The van der Waals surface area contributed by atoms with E-state index >= 15 is 0 Å². The molecule has 4 nitrogen and oxygen atoms in total. The van der Waals surface area contributed by atoms with Gasteiger partial charge in [0, 0.05) is 19.6 Å². The highest BCUT2D eigenvalue weighted by molar-refractivity contribution is 5.83. The Labute approximate surface area is 157 Å². The normalized spacial score (nSPS) is 25.6. The lowest BCUT2D eigenvalue weighted by molar-refractivity contribution is -0.149. The van der Waals surface area contributed by atoms with Gasteiger partial charge in [-0.15, -0.1) is 0 Å². The molecule has 2 aromatic carbocycles. The van der Waals surface area contributed by atoms with E-state index in [2.05, 4.69) is 5.32 Å². The zero-order valence-corrected chi connectivity index (χ0v) is 14.9.